The molecular formula is C32H45N7O5S2. The van der Waals surface area contributed by atoms with E-state index in [0.29, 0.717) is 24.2 Å². The van der Waals surface area contributed by atoms with Crippen LogP contribution in [0.4, 0.5) is 16.5 Å². The highest BCUT2D eigenvalue weighted by Gasteiger charge is 2.21. The molecule has 4 rings (SSSR count). The van der Waals surface area contributed by atoms with Crippen LogP contribution in [-0.2, 0) is 22.9 Å². The van der Waals surface area contributed by atoms with Gasteiger partial charge >= 0.3 is 5.69 Å². The number of non-ortho nitro benzene ring substituents is 1. The van der Waals surface area contributed by atoms with Crippen molar-refractivity contribution in [2.75, 3.05) is 23.2 Å². The number of aromatic nitrogens is 4. The lowest BCUT2D eigenvalue weighted by Gasteiger charge is -2.18. The van der Waals surface area contributed by atoms with E-state index < -0.39 is 14.9 Å². The van der Waals surface area contributed by atoms with Crippen LogP contribution in [0.2, 0.25) is 0 Å². The van der Waals surface area contributed by atoms with Crippen molar-refractivity contribution in [1.29, 1.82) is 0 Å². The van der Waals surface area contributed by atoms with Crippen LogP contribution in [0.15, 0.2) is 45.9 Å². The first kappa shape index (κ1) is 35.2. The average Bonchev–Trinajstić information content (AvgIpc) is 3.71. The molecule has 0 amide bonds. The highest BCUT2D eigenvalue weighted by molar-refractivity contribution is 7.93. The summed E-state index contributed by atoms with van der Waals surface area (Å²) in [5, 5.41) is 28.0. The highest BCUT2D eigenvalue weighted by Crippen LogP contribution is 2.31. The molecule has 0 aliphatic rings. The number of fused-ring (bicyclic) bond motifs is 1. The molecule has 0 unspecified atom stereocenters. The fraction of sp³-hybridized carbons (Fsp3) is 0.562. The minimum Gasteiger partial charge on any atom is -0.373 e. The number of nitrogens with zero attached hydrogens (tertiary/aromatic N) is 6. The number of nitrogens with one attached hydrogen (secondary N) is 1. The highest BCUT2D eigenvalue weighted by atomic mass is 32.2. The third-order valence-corrected chi connectivity index (χ3v) is 10.5. The molecule has 2 heterocycles. The fourth-order valence-electron chi connectivity index (χ4n) is 5.44. The van der Waals surface area contributed by atoms with Crippen LogP contribution in [0.25, 0.3) is 11.0 Å². The first-order valence-electron chi connectivity index (χ1n) is 16.3. The number of hydrogen-bond donors (Lipinski definition) is 1. The van der Waals surface area contributed by atoms with Gasteiger partial charge in [-0.15, -0.1) is 10.2 Å². The molecule has 4 aromatic rings. The molecule has 2 aromatic heterocycles. The lowest BCUT2D eigenvalue weighted by Crippen LogP contribution is -2.19. The Morgan fingerprint density at radius 2 is 1.46 bits per heavy atom. The molecule has 0 radical (unpaired) electrons. The summed E-state index contributed by atoms with van der Waals surface area (Å²) in [6.45, 7) is 2.95. The number of nitro benzene ring substituents is 1. The summed E-state index contributed by atoms with van der Waals surface area (Å²) in [7, 11) is -1.85. The number of hydrogen-bond acceptors (Lipinski definition) is 11. The quantitative estimate of drug-likeness (QED) is 0.0492. The Kier molecular flexibility index (Phi) is 13.7. The summed E-state index contributed by atoms with van der Waals surface area (Å²) in [4.78, 5) is 12.9. The van der Waals surface area contributed by atoms with Crippen molar-refractivity contribution in [3.63, 3.8) is 0 Å². The number of unbranched alkanes of at least 4 members (excludes halogenated alkanes) is 11. The maximum Gasteiger partial charge on any atom is 0.300 e. The maximum absolute atomic E-state index is 12.9. The second kappa shape index (κ2) is 17.9. The van der Waals surface area contributed by atoms with Gasteiger partial charge in [-0.2, -0.15) is 0 Å². The zero-order chi connectivity index (χ0) is 32.8. The second-order valence-electron chi connectivity index (χ2n) is 11.7. The van der Waals surface area contributed by atoms with E-state index >= 15 is 0 Å². The minimum absolute atomic E-state index is 0.133. The number of sulfonamides is 1. The smallest absolute Gasteiger partial charge is 0.300 e. The van der Waals surface area contributed by atoms with Gasteiger partial charge in [0.1, 0.15) is 5.01 Å². The molecule has 0 fully saturated rings. The monoisotopic (exact) mass is 671 g/mol. The summed E-state index contributed by atoms with van der Waals surface area (Å²) in [6, 6.07) is 10.2. The van der Waals surface area contributed by atoms with E-state index in [1.165, 1.54) is 75.2 Å². The average molecular weight is 672 g/mol. The lowest BCUT2D eigenvalue weighted by molar-refractivity contribution is -0.383. The normalized spacial score (nSPS) is 11.7. The number of rotatable bonds is 22. The molecule has 2 aromatic carbocycles. The third-order valence-electron chi connectivity index (χ3n) is 8.11. The van der Waals surface area contributed by atoms with Crippen molar-refractivity contribution in [3.8, 4) is 0 Å². The van der Waals surface area contributed by atoms with Crippen LogP contribution in [0.5, 0.6) is 0 Å². The van der Waals surface area contributed by atoms with Gasteiger partial charge in [0.05, 0.1) is 15.5 Å². The number of benzene rings is 2. The Balaban J connectivity index is 1.13. The predicted molar refractivity (Wildman–Crippen MR) is 182 cm³/mol. The van der Waals surface area contributed by atoms with Crippen LogP contribution in [0.1, 0.15) is 101 Å². The van der Waals surface area contributed by atoms with E-state index in [-0.39, 0.29) is 21.2 Å². The molecule has 14 heteroatoms. The number of nitro groups is 1. The second-order valence-corrected chi connectivity index (χ2v) is 14.5. The molecule has 0 spiro atoms. The summed E-state index contributed by atoms with van der Waals surface area (Å²) in [5.41, 5.74) is 2.22. The van der Waals surface area contributed by atoms with E-state index in [9.17, 15) is 18.5 Å². The molecule has 46 heavy (non-hydrogen) atoms. The van der Waals surface area contributed by atoms with Gasteiger partial charge in [-0.1, -0.05) is 94.6 Å². The van der Waals surface area contributed by atoms with Gasteiger partial charge in [0.15, 0.2) is 5.52 Å². The van der Waals surface area contributed by atoms with Crippen molar-refractivity contribution < 1.29 is 18.0 Å². The molecule has 0 saturated heterocycles. The van der Waals surface area contributed by atoms with Gasteiger partial charge in [-0.05, 0) is 59.8 Å². The first-order chi connectivity index (χ1) is 22.3. The summed E-state index contributed by atoms with van der Waals surface area (Å²) in [6.07, 6.45) is 17.2. The predicted octanol–water partition coefficient (Wildman–Crippen LogP) is 8.10. The fourth-order valence-corrected chi connectivity index (χ4v) is 7.45. The summed E-state index contributed by atoms with van der Waals surface area (Å²) < 4.78 is 33.2. The van der Waals surface area contributed by atoms with Gasteiger partial charge in [0.25, 0.3) is 10.0 Å². The maximum atomic E-state index is 12.9. The first-order valence-corrected chi connectivity index (χ1v) is 18.6. The molecule has 0 aliphatic carbocycles. The Bertz CT molecular complexity index is 1620. The van der Waals surface area contributed by atoms with Gasteiger partial charge in [0.2, 0.25) is 10.6 Å². The van der Waals surface area contributed by atoms with Gasteiger partial charge in [-0.3, -0.25) is 14.8 Å². The van der Waals surface area contributed by atoms with Gasteiger partial charge in [0, 0.05) is 26.1 Å². The lowest BCUT2D eigenvalue weighted by atomic mass is 10.0. The number of aryl methyl sites for hydroxylation is 2. The van der Waals surface area contributed by atoms with Crippen molar-refractivity contribution in [3.05, 3.63) is 57.1 Å². The largest absolute Gasteiger partial charge is 0.373 e. The van der Waals surface area contributed by atoms with Gasteiger partial charge in [-0.25, -0.2) is 13.0 Å². The molecular weight excluding hydrogens is 627 g/mol. The Morgan fingerprint density at radius 1 is 0.826 bits per heavy atom. The van der Waals surface area contributed by atoms with E-state index in [1.807, 2.05) is 24.1 Å². The van der Waals surface area contributed by atoms with Crippen molar-refractivity contribution >= 4 is 48.9 Å². The summed E-state index contributed by atoms with van der Waals surface area (Å²) >= 11 is 1.24. The van der Waals surface area contributed by atoms with Crippen LogP contribution in [0.3, 0.4) is 0 Å². The standard InChI is InChI=1S/C32H45N7O5S2/c1-3-4-5-6-7-8-9-10-11-13-16-25-18-20-26(21-19-25)46(42,43)37-32-34-33-29(45-32)17-14-12-15-24-38(2)27-22-23-28(39(40)41)31-30(27)35-44-36-31/h18-23H,3-17,24H2,1-2H3,(H,34,37). The van der Waals surface area contributed by atoms with E-state index in [4.69, 9.17) is 4.63 Å². The van der Waals surface area contributed by atoms with Crippen LogP contribution in [0, 0.1) is 10.1 Å². The van der Waals surface area contributed by atoms with E-state index in [1.54, 1.807) is 18.2 Å². The molecule has 1 N–H and O–H groups in total. The Hall–Kier alpha value is -3.65. The molecule has 12 nitrogen and oxygen atoms in total. The molecule has 250 valence electrons. The van der Waals surface area contributed by atoms with E-state index in [2.05, 4.69) is 32.2 Å². The third kappa shape index (κ3) is 10.4. The van der Waals surface area contributed by atoms with Gasteiger partial charge < -0.3 is 4.90 Å². The van der Waals surface area contributed by atoms with Crippen LogP contribution < -0.4 is 9.62 Å². The van der Waals surface area contributed by atoms with Crippen LogP contribution in [-0.4, -0.2) is 47.4 Å². The molecule has 0 aliphatic heterocycles. The zero-order valence-corrected chi connectivity index (χ0v) is 28.5. The number of anilines is 2. The SMILES string of the molecule is CCCCCCCCCCCCc1ccc(S(=O)(=O)Nc2nnc(CCCCCN(C)c3ccc([N+](=O)[O-])c4nonc34)s2)cc1. The van der Waals surface area contributed by atoms with E-state index in [0.717, 1.165) is 42.7 Å². The van der Waals surface area contributed by atoms with Crippen molar-refractivity contribution in [2.45, 2.75) is 108 Å². The van der Waals surface area contributed by atoms with Crippen molar-refractivity contribution in [1.82, 2.24) is 20.5 Å². The topological polar surface area (TPSA) is 157 Å². The Morgan fingerprint density at radius 3 is 2.15 bits per heavy atom. The summed E-state index contributed by atoms with van der Waals surface area (Å²) in [5.74, 6) is 0. The molecule has 0 saturated carbocycles. The van der Waals surface area contributed by atoms with Crippen molar-refractivity contribution in [2.24, 2.45) is 0 Å². The zero-order valence-electron chi connectivity index (χ0n) is 26.8. The van der Waals surface area contributed by atoms with Crippen LogP contribution >= 0.6 is 11.3 Å². The molecule has 0 atom stereocenters. The Labute approximate surface area is 275 Å². The minimum atomic E-state index is -3.75. The molecule has 0 bridgehead atoms.